The number of carbonyl (C=O) groups is 1. The fraction of sp³-hybridized carbons (Fsp3) is 0.238. The van der Waals surface area contributed by atoms with Crippen molar-refractivity contribution in [3.8, 4) is 17.2 Å². The summed E-state index contributed by atoms with van der Waals surface area (Å²) in [7, 11) is 4.71. The van der Waals surface area contributed by atoms with Gasteiger partial charge in [0, 0.05) is 35.3 Å². The molecule has 0 aliphatic rings. The minimum absolute atomic E-state index is 0.0620. The number of benzene rings is 2. The molecule has 1 N–H and O–H groups in total. The van der Waals surface area contributed by atoms with Gasteiger partial charge in [-0.3, -0.25) is 9.78 Å². The molecule has 3 rings (SSSR count). The van der Waals surface area contributed by atoms with Gasteiger partial charge in [0.1, 0.15) is 0 Å². The van der Waals surface area contributed by atoms with Crippen molar-refractivity contribution in [2.75, 3.05) is 26.6 Å². The first-order chi connectivity index (χ1) is 13.2. The lowest BCUT2D eigenvalue weighted by atomic mass is 10.1. The SMILES string of the molecule is COc1cc(CCC(=O)Nc2cccc3cnccc23)cc(OC)c1OC. The largest absolute Gasteiger partial charge is 0.493 e. The molecular formula is C21H22N2O4. The van der Waals surface area contributed by atoms with Crippen LogP contribution in [0.25, 0.3) is 10.8 Å². The van der Waals surface area contributed by atoms with Crippen molar-refractivity contribution in [2.24, 2.45) is 0 Å². The summed E-state index contributed by atoms with van der Waals surface area (Å²) < 4.78 is 16.0. The Morgan fingerprint density at radius 1 is 1.04 bits per heavy atom. The van der Waals surface area contributed by atoms with Gasteiger partial charge < -0.3 is 19.5 Å². The van der Waals surface area contributed by atoms with Crippen molar-refractivity contribution in [3.05, 3.63) is 54.4 Å². The van der Waals surface area contributed by atoms with Crippen LogP contribution in [0.15, 0.2) is 48.8 Å². The molecule has 1 aromatic heterocycles. The highest BCUT2D eigenvalue weighted by Gasteiger charge is 2.14. The lowest BCUT2D eigenvalue weighted by molar-refractivity contribution is -0.116. The maximum Gasteiger partial charge on any atom is 0.224 e. The van der Waals surface area contributed by atoms with Crippen LogP contribution in [0.1, 0.15) is 12.0 Å². The highest BCUT2D eigenvalue weighted by molar-refractivity contribution is 6.01. The quantitative estimate of drug-likeness (QED) is 0.688. The lowest BCUT2D eigenvalue weighted by Gasteiger charge is -2.14. The maximum atomic E-state index is 12.4. The van der Waals surface area contributed by atoms with Crippen LogP contribution in [-0.4, -0.2) is 32.2 Å². The Bertz CT molecular complexity index is 926. The van der Waals surface area contributed by atoms with Crippen LogP contribution in [0.2, 0.25) is 0 Å². The third kappa shape index (κ3) is 4.11. The van der Waals surface area contributed by atoms with Crippen LogP contribution < -0.4 is 19.5 Å². The van der Waals surface area contributed by atoms with Crippen LogP contribution in [0.4, 0.5) is 5.69 Å². The number of hydrogen-bond donors (Lipinski definition) is 1. The summed E-state index contributed by atoms with van der Waals surface area (Å²) in [5, 5.41) is 4.93. The van der Waals surface area contributed by atoms with Gasteiger partial charge in [-0.15, -0.1) is 0 Å². The molecule has 2 aromatic carbocycles. The van der Waals surface area contributed by atoms with Crippen molar-refractivity contribution in [1.29, 1.82) is 0 Å². The van der Waals surface area contributed by atoms with E-state index in [1.165, 1.54) is 0 Å². The van der Waals surface area contributed by atoms with Gasteiger partial charge in [-0.05, 0) is 36.2 Å². The molecule has 3 aromatic rings. The predicted molar refractivity (Wildman–Crippen MR) is 105 cm³/mol. The number of methoxy groups -OCH3 is 3. The number of rotatable bonds is 7. The van der Waals surface area contributed by atoms with Gasteiger partial charge in [0.15, 0.2) is 11.5 Å². The fourth-order valence-electron chi connectivity index (χ4n) is 2.98. The molecule has 27 heavy (non-hydrogen) atoms. The summed E-state index contributed by atoms with van der Waals surface area (Å²) in [6, 6.07) is 11.4. The Labute approximate surface area is 158 Å². The molecule has 0 atom stereocenters. The van der Waals surface area contributed by atoms with E-state index < -0.39 is 0 Å². The predicted octanol–water partition coefficient (Wildman–Crippen LogP) is 3.83. The van der Waals surface area contributed by atoms with Crippen LogP contribution in [0.5, 0.6) is 17.2 Å². The van der Waals surface area contributed by atoms with E-state index in [0.29, 0.717) is 30.1 Å². The minimum atomic E-state index is -0.0620. The number of aromatic nitrogens is 1. The zero-order valence-electron chi connectivity index (χ0n) is 15.6. The summed E-state index contributed by atoms with van der Waals surface area (Å²) in [5.74, 6) is 1.63. The topological polar surface area (TPSA) is 69.7 Å². The first kappa shape index (κ1) is 18.5. The molecule has 1 amide bonds. The van der Waals surface area contributed by atoms with Crippen molar-refractivity contribution in [1.82, 2.24) is 4.98 Å². The zero-order valence-corrected chi connectivity index (χ0v) is 15.6. The molecule has 140 valence electrons. The summed E-state index contributed by atoms with van der Waals surface area (Å²) in [4.78, 5) is 16.6. The average Bonchev–Trinajstić information content (AvgIpc) is 2.71. The van der Waals surface area contributed by atoms with Gasteiger partial charge in [0.2, 0.25) is 11.7 Å². The molecule has 0 fully saturated rings. The summed E-state index contributed by atoms with van der Waals surface area (Å²) in [6.45, 7) is 0. The monoisotopic (exact) mass is 366 g/mol. The van der Waals surface area contributed by atoms with Gasteiger partial charge in [-0.25, -0.2) is 0 Å². The zero-order chi connectivity index (χ0) is 19.2. The highest BCUT2D eigenvalue weighted by atomic mass is 16.5. The minimum Gasteiger partial charge on any atom is -0.493 e. The second-order valence-electron chi connectivity index (χ2n) is 5.98. The summed E-state index contributed by atoms with van der Waals surface area (Å²) in [5.41, 5.74) is 1.71. The molecular weight excluding hydrogens is 344 g/mol. The molecule has 6 heteroatoms. The normalized spacial score (nSPS) is 10.5. The van der Waals surface area contributed by atoms with E-state index in [9.17, 15) is 4.79 Å². The molecule has 0 spiro atoms. The molecule has 6 nitrogen and oxygen atoms in total. The Hall–Kier alpha value is -3.28. The number of fused-ring (bicyclic) bond motifs is 1. The number of anilines is 1. The van der Waals surface area contributed by atoms with Crippen LogP contribution in [0.3, 0.4) is 0 Å². The second kappa shape index (κ2) is 8.40. The van der Waals surface area contributed by atoms with Gasteiger partial charge in [0.25, 0.3) is 0 Å². The highest BCUT2D eigenvalue weighted by Crippen LogP contribution is 2.38. The first-order valence-corrected chi connectivity index (χ1v) is 8.57. The first-order valence-electron chi connectivity index (χ1n) is 8.57. The molecule has 0 aliphatic carbocycles. The molecule has 0 saturated heterocycles. The van der Waals surface area contributed by atoms with Crippen LogP contribution >= 0.6 is 0 Å². The van der Waals surface area contributed by atoms with E-state index in [4.69, 9.17) is 14.2 Å². The number of nitrogens with one attached hydrogen (secondary N) is 1. The Morgan fingerprint density at radius 2 is 1.78 bits per heavy atom. The van der Waals surface area contributed by atoms with Gasteiger partial charge >= 0.3 is 0 Å². The Morgan fingerprint density at radius 3 is 2.44 bits per heavy atom. The molecule has 0 bridgehead atoms. The fourth-order valence-corrected chi connectivity index (χ4v) is 2.98. The lowest BCUT2D eigenvalue weighted by Crippen LogP contribution is -2.12. The van der Waals surface area contributed by atoms with E-state index in [2.05, 4.69) is 10.3 Å². The van der Waals surface area contributed by atoms with Crippen LogP contribution in [-0.2, 0) is 11.2 Å². The van der Waals surface area contributed by atoms with E-state index in [1.54, 1.807) is 33.7 Å². The van der Waals surface area contributed by atoms with Gasteiger partial charge in [-0.1, -0.05) is 12.1 Å². The molecule has 0 unspecified atom stereocenters. The van der Waals surface area contributed by atoms with E-state index in [0.717, 1.165) is 22.0 Å². The average molecular weight is 366 g/mol. The molecule has 0 aliphatic heterocycles. The van der Waals surface area contributed by atoms with Crippen molar-refractivity contribution in [3.63, 3.8) is 0 Å². The van der Waals surface area contributed by atoms with E-state index in [-0.39, 0.29) is 5.91 Å². The standard InChI is InChI=1S/C21H22N2O4/c1-25-18-11-14(12-19(26-2)21(18)27-3)7-8-20(24)23-17-6-4-5-15-13-22-10-9-16(15)17/h4-6,9-13H,7-8H2,1-3H3,(H,23,24). The van der Waals surface area contributed by atoms with Crippen molar-refractivity contribution >= 4 is 22.4 Å². The number of pyridine rings is 1. The van der Waals surface area contributed by atoms with Gasteiger partial charge in [-0.2, -0.15) is 0 Å². The third-order valence-corrected chi connectivity index (χ3v) is 4.32. The number of carbonyl (C=O) groups excluding carboxylic acids is 1. The van der Waals surface area contributed by atoms with Crippen LogP contribution in [0, 0.1) is 0 Å². The van der Waals surface area contributed by atoms with Gasteiger partial charge in [0.05, 0.1) is 21.3 Å². The smallest absolute Gasteiger partial charge is 0.224 e. The Kier molecular flexibility index (Phi) is 5.76. The third-order valence-electron chi connectivity index (χ3n) is 4.32. The summed E-state index contributed by atoms with van der Waals surface area (Å²) >= 11 is 0. The summed E-state index contributed by atoms with van der Waals surface area (Å²) in [6.07, 6.45) is 4.38. The van der Waals surface area contributed by atoms with E-state index >= 15 is 0 Å². The Balaban J connectivity index is 1.72. The molecule has 1 heterocycles. The maximum absolute atomic E-state index is 12.4. The number of amides is 1. The molecule has 0 saturated carbocycles. The molecule has 0 radical (unpaired) electrons. The second-order valence-corrected chi connectivity index (χ2v) is 5.98. The van der Waals surface area contributed by atoms with Crippen molar-refractivity contribution < 1.29 is 19.0 Å². The van der Waals surface area contributed by atoms with Crippen molar-refractivity contribution in [2.45, 2.75) is 12.8 Å². The number of hydrogen-bond acceptors (Lipinski definition) is 5. The number of aryl methyl sites for hydroxylation is 1. The number of nitrogens with zero attached hydrogens (tertiary/aromatic N) is 1. The van der Waals surface area contributed by atoms with E-state index in [1.807, 2.05) is 36.4 Å². The number of ether oxygens (including phenoxy) is 3.